The summed E-state index contributed by atoms with van der Waals surface area (Å²) in [6, 6.07) is 0. The van der Waals surface area contributed by atoms with Gasteiger partial charge in [-0.25, -0.2) is 9.13 Å². The number of hydrogen-bond acceptors (Lipinski definition) is 15. The van der Waals surface area contributed by atoms with E-state index in [9.17, 15) is 43.2 Å². The maximum atomic E-state index is 13.1. The van der Waals surface area contributed by atoms with Crippen molar-refractivity contribution in [2.24, 2.45) is 0 Å². The van der Waals surface area contributed by atoms with Crippen molar-refractivity contribution >= 4 is 39.5 Å². The number of rotatable bonds is 75. The molecule has 0 radical (unpaired) electrons. The van der Waals surface area contributed by atoms with E-state index in [0.29, 0.717) is 25.7 Å². The van der Waals surface area contributed by atoms with Gasteiger partial charge in [0, 0.05) is 25.7 Å². The number of aliphatic hydroxyl groups is 1. The Balaban J connectivity index is 5.16. The van der Waals surface area contributed by atoms with Gasteiger partial charge in [0.25, 0.3) is 0 Å². The number of esters is 4. The highest BCUT2D eigenvalue weighted by atomic mass is 31.2. The van der Waals surface area contributed by atoms with Crippen LogP contribution in [0, 0.1) is 0 Å². The van der Waals surface area contributed by atoms with Crippen LogP contribution >= 0.6 is 15.6 Å². The first-order valence-corrected chi connectivity index (χ1v) is 41.8. The zero-order valence-corrected chi connectivity index (χ0v) is 62.0. The van der Waals surface area contributed by atoms with E-state index < -0.39 is 97.5 Å². The number of unbranched alkanes of at least 4 members (excludes halogenated alkanes) is 49. The Bertz CT molecular complexity index is 1770. The maximum Gasteiger partial charge on any atom is 0.472 e. The molecular formula is C74H144O17P2. The predicted octanol–water partition coefficient (Wildman–Crippen LogP) is 21.8. The first-order valence-electron chi connectivity index (χ1n) is 38.8. The molecule has 0 saturated heterocycles. The summed E-state index contributed by atoms with van der Waals surface area (Å²) in [5, 5.41) is 10.6. The van der Waals surface area contributed by atoms with Crippen LogP contribution in [0.1, 0.15) is 394 Å². The molecule has 93 heavy (non-hydrogen) atoms. The van der Waals surface area contributed by atoms with Crippen molar-refractivity contribution in [2.75, 3.05) is 39.6 Å². The third-order valence-corrected chi connectivity index (χ3v) is 19.3. The summed E-state index contributed by atoms with van der Waals surface area (Å²) in [4.78, 5) is 72.6. The summed E-state index contributed by atoms with van der Waals surface area (Å²) < 4.78 is 68.3. The summed E-state index contributed by atoms with van der Waals surface area (Å²) in [6.45, 7) is 4.94. The van der Waals surface area contributed by atoms with Crippen LogP contribution in [0.15, 0.2) is 0 Å². The fourth-order valence-electron chi connectivity index (χ4n) is 11.4. The summed E-state index contributed by atoms with van der Waals surface area (Å²) >= 11 is 0. The lowest BCUT2D eigenvalue weighted by Crippen LogP contribution is -2.30. The molecule has 0 spiro atoms. The Morgan fingerprint density at radius 3 is 0.634 bits per heavy atom. The average molecular weight is 1370 g/mol. The molecule has 0 aromatic rings. The minimum atomic E-state index is -4.95. The van der Waals surface area contributed by atoms with E-state index in [1.54, 1.807) is 0 Å². The van der Waals surface area contributed by atoms with Crippen LogP contribution in [-0.2, 0) is 65.4 Å². The molecule has 0 aliphatic rings. The van der Waals surface area contributed by atoms with Crippen LogP contribution < -0.4 is 0 Å². The van der Waals surface area contributed by atoms with E-state index in [1.807, 2.05) is 0 Å². The number of ether oxygens (including phenoxy) is 4. The number of phosphoric ester groups is 2. The van der Waals surface area contributed by atoms with Crippen molar-refractivity contribution in [3.05, 3.63) is 0 Å². The second kappa shape index (κ2) is 68.6. The number of carbonyl (C=O) groups excluding carboxylic acids is 4. The molecule has 0 heterocycles. The molecule has 17 nitrogen and oxygen atoms in total. The first kappa shape index (κ1) is 91.1. The van der Waals surface area contributed by atoms with Crippen molar-refractivity contribution in [3.8, 4) is 0 Å². The SMILES string of the molecule is CCCCCCCCCCCCCCCCCCCCCCCC(=O)O[C@H](COC(=O)CCCCCCCCCCCCCCCC)COP(=O)(O)OC[C@@H](O)COP(=O)(O)OC[C@@H](COC(=O)CCCCCCCCCC)OC(=O)CCCCCCCCCCCC. The van der Waals surface area contributed by atoms with Gasteiger partial charge in [0.1, 0.15) is 19.3 Å². The van der Waals surface area contributed by atoms with Gasteiger partial charge in [0.15, 0.2) is 12.2 Å². The number of aliphatic hydroxyl groups excluding tert-OH is 1. The van der Waals surface area contributed by atoms with E-state index in [0.717, 1.165) is 96.3 Å². The van der Waals surface area contributed by atoms with Gasteiger partial charge in [-0.05, 0) is 25.7 Å². The number of hydrogen-bond donors (Lipinski definition) is 3. The van der Waals surface area contributed by atoms with E-state index in [1.165, 1.54) is 218 Å². The highest BCUT2D eigenvalue weighted by Gasteiger charge is 2.30. The van der Waals surface area contributed by atoms with Crippen molar-refractivity contribution in [1.82, 2.24) is 0 Å². The van der Waals surface area contributed by atoms with Gasteiger partial charge in [0.05, 0.1) is 26.4 Å². The van der Waals surface area contributed by atoms with Crippen molar-refractivity contribution in [1.29, 1.82) is 0 Å². The second-order valence-electron chi connectivity index (χ2n) is 26.7. The molecule has 19 heteroatoms. The van der Waals surface area contributed by atoms with Gasteiger partial charge in [-0.15, -0.1) is 0 Å². The highest BCUT2D eigenvalue weighted by Crippen LogP contribution is 2.45. The minimum Gasteiger partial charge on any atom is -0.462 e. The van der Waals surface area contributed by atoms with Crippen LogP contribution in [0.4, 0.5) is 0 Å². The summed E-state index contributed by atoms with van der Waals surface area (Å²) in [5.74, 6) is -2.12. The quantitative estimate of drug-likeness (QED) is 0.0222. The van der Waals surface area contributed by atoms with Gasteiger partial charge in [-0.2, -0.15) is 0 Å². The van der Waals surface area contributed by atoms with E-state index >= 15 is 0 Å². The average Bonchev–Trinajstić information content (AvgIpc) is 3.70. The predicted molar refractivity (Wildman–Crippen MR) is 377 cm³/mol. The van der Waals surface area contributed by atoms with Gasteiger partial charge in [-0.1, -0.05) is 342 Å². The van der Waals surface area contributed by atoms with E-state index in [2.05, 4.69) is 27.7 Å². The Morgan fingerprint density at radius 1 is 0.258 bits per heavy atom. The molecule has 552 valence electrons. The second-order valence-corrected chi connectivity index (χ2v) is 29.6. The smallest absolute Gasteiger partial charge is 0.462 e. The molecule has 0 aromatic heterocycles. The topological polar surface area (TPSA) is 237 Å². The molecule has 0 rings (SSSR count). The largest absolute Gasteiger partial charge is 0.472 e. The molecule has 0 bridgehead atoms. The van der Waals surface area contributed by atoms with Crippen LogP contribution in [0.3, 0.4) is 0 Å². The van der Waals surface area contributed by atoms with Gasteiger partial charge in [0.2, 0.25) is 0 Å². The Kier molecular flexibility index (Phi) is 67.1. The van der Waals surface area contributed by atoms with Crippen LogP contribution in [0.25, 0.3) is 0 Å². The van der Waals surface area contributed by atoms with Crippen molar-refractivity contribution in [2.45, 2.75) is 412 Å². The molecule has 3 N–H and O–H groups in total. The summed E-state index contributed by atoms with van der Waals surface area (Å²) in [7, 11) is -9.90. The van der Waals surface area contributed by atoms with Crippen molar-refractivity contribution in [3.63, 3.8) is 0 Å². The van der Waals surface area contributed by atoms with Crippen LogP contribution in [-0.4, -0.2) is 96.7 Å². The lowest BCUT2D eigenvalue weighted by atomic mass is 10.0. The van der Waals surface area contributed by atoms with Crippen LogP contribution in [0.5, 0.6) is 0 Å². The van der Waals surface area contributed by atoms with Crippen LogP contribution in [0.2, 0.25) is 0 Å². The normalized spacial score (nSPS) is 13.9. The summed E-state index contributed by atoms with van der Waals surface area (Å²) in [6.07, 6.45) is 58.4. The number of carbonyl (C=O) groups is 4. The first-order chi connectivity index (χ1) is 45.2. The van der Waals surface area contributed by atoms with Gasteiger partial charge < -0.3 is 33.8 Å². The van der Waals surface area contributed by atoms with E-state index in [-0.39, 0.29) is 25.7 Å². The fraction of sp³-hybridized carbons (Fsp3) is 0.946. The lowest BCUT2D eigenvalue weighted by molar-refractivity contribution is -0.161. The van der Waals surface area contributed by atoms with Gasteiger partial charge >= 0.3 is 39.5 Å². The molecular weight excluding hydrogens is 1220 g/mol. The fourth-order valence-corrected chi connectivity index (χ4v) is 13.0. The van der Waals surface area contributed by atoms with Crippen molar-refractivity contribution < 1.29 is 80.2 Å². The molecule has 0 aromatic carbocycles. The molecule has 0 fully saturated rings. The van der Waals surface area contributed by atoms with Gasteiger partial charge in [-0.3, -0.25) is 37.3 Å². The Morgan fingerprint density at radius 2 is 0.430 bits per heavy atom. The monoisotopic (exact) mass is 1370 g/mol. The Hall–Kier alpha value is -1.94. The molecule has 0 aliphatic heterocycles. The summed E-state index contributed by atoms with van der Waals surface area (Å²) in [5.41, 5.74) is 0. The maximum absolute atomic E-state index is 13.1. The molecule has 0 aliphatic carbocycles. The Labute approximate surface area is 568 Å². The van der Waals surface area contributed by atoms with E-state index in [4.69, 9.17) is 37.0 Å². The minimum absolute atomic E-state index is 0.107. The third-order valence-electron chi connectivity index (χ3n) is 17.4. The standard InChI is InChI=1S/C74H144O17P2/c1-5-9-13-17-21-25-28-30-32-33-34-35-36-37-38-40-42-45-49-53-57-61-74(79)91-70(65-85-72(77)59-55-51-47-44-41-39-31-29-26-22-18-14-10-6-2)67-89-93(82,83)87-63-68(75)62-86-92(80,81)88-66-69(64-84-71(76)58-54-50-46-24-20-16-12-8-4)90-73(78)60-56-52-48-43-27-23-19-15-11-7-3/h68-70,75H,5-67H2,1-4H3,(H,80,81)(H,82,83)/t68-,69+,70+/m0/s1. The molecule has 5 atom stereocenters. The zero-order chi connectivity index (χ0) is 68.2. The molecule has 0 saturated carbocycles. The lowest BCUT2D eigenvalue weighted by Gasteiger charge is -2.21. The third kappa shape index (κ3) is 68.4. The zero-order valence-electron chi connectivity index (χ0n) is 60.2. The molecule has 0 amide bonds. The molecule has 2 unspecified atom stereocenters. The highest BCUT2D eigenvalue weighted by molar-refractivity contribution is 7.47. The number of phosphoric acid groups is 2.